The number of rotatable bonds is 22. The number of hydrogen-bond acceptors (Lipinski definition) is 22. The van der Waals surface area contributed by atoms with E-state index in [9.17, 15) is 53.0 Å². The van der Waals surface area contributed by atoms with Crippen molar-refractivity contribution in [2.75, 3.05) is 69.7 Å². The second kappa shape index (κ2) is 19.7. The highest BCUT2D eigenvalue weighted by molar-refractivity contribution is 7.86. The Morgan fingerprint density at radius 3 is 1.18 bits per heavy atom. The van der Waals surface area contributed by atoms with Gasteiger partial charge in [0.1, 0.15) is 9.79 Å². The zero-order valence-corrected chi connectivity index (χ0v) is 34.5. The van der Waals surface area contributed by atoms with Gasteiger partial charge in [-0.25, -0.2) is 0 Å². The molecule has 0 spiro atoms. The number of nitrogens with zero attached hydrogens (tertiary/aromatic N) is 6. The molecule has 60 heavy (non-hydrogen) atoms. The van der Waals surface area contributed by atoms with Gasteiger partial charge in [0.15, 0.2) is 0 Å². The van der Waals surface area contributed by atoms with Crippen molar-refractivity contribution >= 4 is 99.7 Å². The minimum absolute atomic E-state index is 0.00404. The third kappa shape index (κ3) is 15.3. The fourth-order valence-corrected chi connectivity index (χ4v) is 6.79. The van der Waals surface area contributed by atoms with Crippen molar-refractivity contribution in [2.24, 2.45) is 0 Å². The van der Waals surface area contributed by atoms with Crippen molar-refractivity contribution in [1.82, 2.24) is 29.9 Å². The van der Waals surface area contributed by atoms with Gasteiger partial charge in [-0.1, -0.05) is 24.3 Å². The Kier molecular flexibility index (Phi) is 15.5. The van der Waals surface area contributed by atoms with Crippen LogP contribution in [0.15, 0.2) is 46.2 Å². The Morgan fingerprint density at radius 1 is 0.533 bits per heavy atom. The average Bonchev–Trinajstić information content (AvgIpc) is 3.12. The molecule has 4 rings (SSSR count). The van der Waals surface area contributed by atoms with Crippen LogP contribution < -0.4 is 31.9 Å². The van der Waals surface area contributed by atoms with Gasteiger partial charge in [0.2, 0.25) is 35.7 Å². The molecule has 30 heteroatoms. The van der Waals surface area contributed by atoms with Crippen LogP contribution in [0.1, 0.15) is 25.0 Å². The lowest BCUT2D eigenvalue weighted by molar-refractivity contribution is 0.281. The van der Waals surface area contributed by atoms with E-state index in [1.165, 1.54) is 24.3 Å². The Hall–Kier alpha value is -5.44. The minimum Gasteiger partial charge on any atom is -0.394 e. The molecule has 0 saturated carbocycles. The first kappa shape index (κ1) is 47.2. The molecule has 0 aliphatic carbocycles. The third-order valence-electron chi connectivity index (χ3n) is 7.39. The maximum absolute atomic E-state index is 12.5. The first-order valence-electron chi connectivity index (χ1n) is 17.0. The van der Waals surface area contributed by atoms with Gasteiger partial charge < -0.3 is 42.1 Å². The zero-order chi connectivity index (χ0) is 44.5. The summed E-state index contributed by atoms with van der Waals surface area (Å²) in [6.45, 7) is 1.93. The normalized spacial score (nSPS) is 13.4. The molecule has 2 aromatic carbocycles. The molecule has 12 N–H and O–H groups in total. The Labute approximate surface area is 343 Å². The number of aliphatic hydroxyl groups is 2. The van der Waals surface area contributed by atoms with E-state index < -0.39 is 73.9 Å². The topological polar surface area (TPSA) is 407 Å². The molecule has 0 radical (unpaired) electrons. The largest absolute Gasteiger partial charge is 0.394 e. The summed E-state index contributed by atoms with van der Waals surface area (Å²) in [4.78, 5) is 23.3. The quantitative estimate of drug-likeness (QED) is 0.0375. The van der Waals surface area contributed by atoms with Gasteiger partial charge in [-0.3, -0.25) is 18.2 Å². The number of aromatic nitrogens is 6. The van der Waals surface area contributed by atoms with Crippen LogP contribution in [-0.2, 0) is 40.5 Å². The van der Waals surface area contributed by atoms with Crippen LogP contribution in [0.4, 0.5) is 47.1 Å². The predicted molar refractivity (Wildman–Crippen MR) is 218 cm³/mol. The first-order valence-corrected chi connectivity index (χ1v) is 23.1. The van der Waals surface area contributed by atoms with Crippen LogP contribution >= 0.6 is 0 Å². The number of nitrogens with one attached hydrogen (secondary N) is 6. The summed E-state index contributed by atoms with van der Waals surface area (Å²) in [6.07, 6.45) is 2.28. The van der Waals surface area contributed by atoms with E-state index in [0.717, 1.165) is 24.3 Å². The van der Waals surface area contributed by atoms with E-state index in [0.29, 0.717) is 0 Å². The van der Waals surface area contributed by atoms with Crippen LogP contribution in [0.25, 0.3) is 12.2 Å². The minimum atomic E-state index is -4.96. The smallest absolute Gasteiger partial charge is 0.295 e. The van der Waals surface area contributed by atoms with E-state index in [4.69, 9.17) is 9.11 Å². The summed E-state index contributed by atoms with van der Waals surface area (Å²) < 4.78 is 133. The number of benzene rings is 2. The maximum atomic E-state index is 12.5. The van der Waals surface area contributed by atoms with Gasteiger partial charge in [0, 0.05) is 36.5 Å². The van der Waals surface area contributed by atoms with Crippen LogP contribution in [0, 0.1) is 0 Å². The summed E-state index contributed by atoms with van der Waals surface area (Å²) in [7, 11) is -18.6. The summed E-state index contributed by atoms with van der Waals surface area (Å²) >= 11 is 0. The standard InChI is InChI=1S/C30H40N12O14S4/c1-17(15-43)33-27-37-25(31-9-11-57(45,46)47)39-29(41-27)35-21-7-5-19(23(13-21)59(51,52)53)3-4-20-6-8-22(14-24(20)60(54,55)56)36-30-40-26(32-10-12-58(48,49)50)38-28(42-30)34-18(2)16-44/h3-8,13-14,17-18,43-44H,9-12,15-16H2,1-2H3,(H,45,46,47)(H,48,49,50)(H,51,52,53)(H,54,55,56)(H3,31,33,35,37,39,41)(H3,32,34,36,38,40,42). The molecule has 2 aromatic heterocycles. The highest BCUT2D eigenvalue weighted by atomic mass is 32.2. The van der Waals surface area contributed by atoms with Gasteiger partial charge in [-0.15, -0.1) is 0 Å². The SMILES string of the molecule is CC(CO)Nc1nc(NCCS(=O)(=O)O)nc(Nc2ccc(C=Cc3ccc(Nc4nc(NCCS(=O)(=O)O)nc(NC(C)CO)n4)cc3S(=O)(=O)O)c(S(=O)(=O)O)c2)n1. The summed E-state index contributed by atoms with van der Waals surface area (Å²) in [5, 5.41) is 35.1. The second-order valence-corrected chi connectivity index (χ2v) is 18.5. The highest BCUT2D eigenvalue weighted by Gasteiger charge is 2.20. The van der Waals surface area contributed by atoms with Crippen molar-refractivity contribution in [3.63, 3.8) is 0 Å². The molecular formula is C30H40N12O14S4. The van der Waals surface area contributed by atoms with E-state index in [-0.39, 0.29) is 84.5 Å². The molecule has 0 bridgehead atoms. The lowest BCUT2D eigenvalue weighted by atomic mass is 10.1. The molecule has 2 atom stereocenters. The second-order valence-electron chi connectivity index (χ2n) is 12.5. The molecule has 4 aromatic rings. The summed E-state index contributed by atoms with van der Waals surface area (Å²) in [6, 6.07) is 6.05. The zero-order valence-electron chi connectivity index (χ0n) is 31.3. The molecule has 2 unspecified atom stereocenters. The van der Waals surface area contributed by atoms with E-state index in [1.807, 2.05) is 0 Å². The van der Waals surface area contributed by atoms with E-state index in [1.54, 1.807) is 13.8 Å². The van der Waals surface area contributed by atoms with Gasteiger partial charge in [-0.05, 0) is 49.2 Å². The number of aliphatic hydroxyl groups excluding tert-OH is 2. The van der Waals surface area contributed by atoms with Gasteiger partial charge in [0.05, 0.1) is 24.7 Å². The number of hydrogen-bond donors (Lipinski definition) is 12. The molecule has 2 heterocycles. The van der Waals surface area contributed by atoms with Crippen molar-refractivity contribution in [2.45, 2.75) is 35.7 Å². The summed E-state index contributed by atoms with van der Waals surface area (Å²) in [5.41, 5.74) is -0.288. The number of anilines is 8. The average molecular weight is 921 g/mol. The lowest BCUT2D eigenvalue weighted by Crippen LogP contribution is -2.22. The highest BCUT2D eigenvalue weighted by Crippen LogP contribution is 2.28. The molecule has 328 valence electrons. The van der Waals surface area contributed by atoms with Crippen LogP contribution in [0.2, 0.25) is 0 Å². The Balaban J connectivity index is 1.65. The molecule has 26 nitrogen and oxygen atoms in total. The molecule has 0 amide bonds. The molecule has 0 saturated heterocycles. The Morgan fingerprint density at radius 2 is 0.867 bits per heavy atom. The monoisotopic (exact) mass is 920 g/mol. The van der Waals surface area contributed by atoms with E-state index >= 15 is 0 Å². The van der Waals surface area contributed by atoms with Crippen molar-refractivity contribution in [3.8, 4) is 0 Å². The van der Waals surface area contributed by atoms with Gasteiger partial charge >= 0.3 is 0 Å². The maximum Gasteiger partial charge on any atom is 0.295 e. The van der Waals surface area contributed by atoms with Gasteiger partial charge in [-0.2, -0.15) is 63.6 Å². The summed E-state index contributed by atoms with van der Waals surface area (Å²) in [5.74, 6) is -2.33. The fourth-order valence-electron chi connectivity index (χ4n) is 4.65. The van der Waals surface area contributed by atoms with Crippen molar-refractivity contribution in [1.29, 1.82) is 0 Å². The predicted octanol–water partition coefficient (Wildman–Crippen LogP) is 0.392. The van der Waals surface area contributed by atoms with Crippen molar-refractivity contribution < 1.29 is 62.1 Å². The van der Waals surface area contributed by atoms with Crippen molar-refractivity contribution in [3.05, 3.63) is 47.5 Å². The Bertz CT molecular complexity index is 2480. The van der Waals surface area contributed by atoms with E-state index in [2.05, 4.69) is 61.8 Å². The van der Waals surface area contributed by atoms with Gasteiger partial charge in [0.25, 0.3) is 40.5 Å². The van der Waals surface area contributed by atoms with Crippen LogP contribution in [-0.4, -0.2) is 142 Å². The molecule has 0 fully saturated rings. The third-order valence-corrected chi connectivity index (χ3v) is 10.7. The molecule has 0 aliphatic rings. The lowest BCUT2D eigenvalue weighted by Gasteiger charge is -2.14. The molecule has 0 aliphatic heterocycles. The molecular weight excluding hydrogens is 881 g/mol. The van der Waals surface area contributed by atoms with Crippen LogP contribution in [0.5, 0.6) is 0 Å². The van der Waals surface area contributed by atoms with Crippen LogP contribution in [0.3, 0.4) is 0 Å². The first-order chi connectivity index (χ1) is 27.9. The fraction of sp³-hybridized carbons (Fsp3) is 0.333.